The minimum Gasteiger partial charge on any atom is -0.282 e. The van der Waals surface area contributed by atoms with E-state index in [1.807, 2.05) is 0 Å². The quantitative estimate of drug-likeness (QED) is 0.512. The molecule has 0 radical (unpaired) electrons. The molecule has 2 rings (SSSR count). The number of thioether (sulfide) groups is 1. The Morgan fingerprint density at radius 1 is 1.39 bits per heavy atom. The van der Waals surface area contributed by atoms with Crippen LogP contribution in [-0.4, -0.2) is 16.1 Å². The fourth-order valence-electron chi connectivity index (χ4n) is 1.33. The van der Waals surface area contributed by atoms with Crippen LogP contribution in [0.3, 0.4) is 0 Å². The zero-order valence-electron chi connectivity index (χ0n) is 8.68. The highest BCUT2D eigenvalue weighted by atomic mass is 35.5. The third-order valence-corrected chi connectivity index (χ3v) is 3.24. The number of nitro benzene ring substituents is 1. The first kappa shape index (κ1) is 12.6. The minimum absolute atomic E-state index is 0.0155. The van der Waals surface area contributed by atoms with Crippen LogP contribution in [0.4, 0.5) is 10.5 Å². The van der Waals surface area contributed by atoms with Crippen molar-refractivity contribution >= 4 is 46.3 Å². The zero-order chi connectivity index (χ0) is 13.3. The van der Waals surface area contributed by atoms with Crippen LogP contribution in [0.1, 0.15) is 5.56 Å². The molecule has 1 aliphatic heterocycles. The van der Waals surface area contributed by atoms with Gasteiger partial charge in [-0.25, -0.2) is 0 Å². The van der Waals surface area contributed by atoms with Crippen molar-refractivity contribution in [3.8, 4) is 0 Å². The molecule has 2 amide bonds. The highest BCUT2D eigenvalue weighted by molar-refractivity contribution is 8.18. The summed E-state index contributed by atoms with van der Waals surface area (Å²) in [6.45, 7) is 0. The minimum atomic E-state index is -0.614. The molecule has 0 saturated carbocycles. The Balaban J connectivity index is 2.38. The maximum atomic E-state index is 11.3. The van der Waals surface area contributed by atoms with Gasteiger partial charge in [0.1, 0.15) is 5.02 Å². The molecule has 1 aromatic rings. The lowest BCUT2D eigenvalue weighted by atomic mass is 10.2. The largest absolute Gasteiger partial charge is 0.290 e. The maximum absolute atomic E-state index is 11.3. The SMILES string of the molecule is O=C1NC(=O)C(=Cc2ccc(Cl)c([N+](=O)[O-])c2)S1. The molecule has 92 valence electrons. The van der Waals surface area contributed by atoms with Gasteiger partial charge in [0.05, 0.1) is 9.83 Å². The van der Waals surface area contributed by atoms with Crippen molar-refractivity contribution in [1.29, 1.82) is 0 Å². The molecule has 1 aliphatic rings. The van der Waals surface area contributed by atoms with E-state index >= 15 is 0 Å². The van der Waals surface area contributed by atoms with Crippen LogP contribution < -0.4 is 5.32 Å². The molecule has 0 spiro atoms. The van der Waals surface area contributed by atoms with Gasteiger partial charge in [0.25, 0.3) is 16.8 Å². The molecule has 1 aromatic carbocycles. The number of imide groups is 1. The summed E-state index contributed by atoms with van der Waals surface area (Å²) in [6.07, 6.45) is 1.40. The highest BCUT2D eigenvalue weighted by Crippen LogP contribution is 2.29. The first-order valence-corrected chi connectivity index (χ1v) is 5.85. The van der Waals surface area contributed by atoms with Gasteiger partial charge in [-0.05, 0) is 29.5 Å². The third kappa shape index (κ3) is 2.52. The van der Waals surface area contributed by atoms with Crippen LogP contribution in [0.2, 0.25) is 5.02 Å². The van der Waals surface area contributed by atoms with Crippen molar-refractivity contribution in [2.75, 3.05) is 0 Å². The van der Waals surface area contributed by atoms with Crippen LogP contribution in [0, 0.1) is 10.1 Å². The summed E-state index contributed by atoms with van der Waals surface area (Å²) in [5, 5.41) is 12.3. The second-order valence-corrected chi connectivity index (χ2v) is 4.74. The van der Waals surface area contributed by atoms with E-state index in [9.17, 15) is 19.7 Å². The zero-order valence-corrected chi connectivity index (χ0v) is 10.2. The predicted molar refractivity (Wildman–Crippen MR) is 67.2 cm³/mol. The molecule has 1 fully saturated rings. The van der Waals surface area contributed by atoms with E-state index in [4.69, 9.17) is 11.6 Å². The number of rotatable bonds is 2. The summed E-state index contributed by atoms with van der Waals surface area (Å²) in [4.78, 5) is 32.5. The van der Waals surface area contributed by atoms with Gasteiger partial charge in [-0.3, -0.25) is 25.0 Å². The van der Waals surface area contributed by atoms with E-state index in [1.165, 1.54) is 24.3 Å². The topological polar surface area (TPSA) is 89.3 Å². The van der Waals surface area contributed by atoms with E-state index in [-0.39, 0.29) is 15.6 Å². The number of hydrogen-bond acceptors (Lipinski definition) is 5. The summed E-state index contributed by atoms with van der Waals surface area (Å²) in [5.74, 6) is -0.511. The monoisotopic (exact) mass is 284 g/mol. The number of halogens is 1. The molecule has 1 saturated heterocycles. The number of amides is 2. The fraction of sp³-hybridized carbons (Fsp3) is 0. The van der Waals surface area contributed by atoms with E-state index in [0.29, 0.717) is 5.56 Å². The number of carbonyl (C=O) groups is 2. The lowest BCUT2D eigenvalue weighted by molar-refractivity contribution is -0.384. The number of nitrogens with one attached hydrogen (secondary N) is 1. The van der Waals surface area contributed by atoms with Gasteiger partial charge in [0.15, 0.2) is 0 Å². The van der Waals surface area contributed by atoms with E-state index in [0.717, 1.165) is 11.8 Å². The van der Waals surface area contributed by atoms with Gasteiger partial charge in [-0.15, -0.1) is 0 Å². The molecule has 0 atom stereocenters. The van der Waals surface area contributed by atoms with Crippen molar-refractivity contribution in [3.05, 3.63) is 43.8 Å². The van der Waals surface area contributed by atoms with E-state index in [2.05, 4.69) is 5.32 Å². The van der Waals surface area contributed by atoms with Crippen molar-refractivity contribution < 1.29 is 14.5 Å². The molecule has 0 aromatic heterocycles. The molecule has 1 heterocycles. The molecule has 0 unspecified atom stereocenters. The van der Waals surface area contributed by atoms with Crippen LogP contribution >= 0.6 is 23.4 Å². The van der Waals surface area contributed by atoms with Crippen molar-refractivity contribution in [2.45, 2.75) is 0 Å². The summed E-state index contributed by atoms with van der Waals surface area (Å²) in [6, 6.07) is 4.14. The number of nitrogens with zero attached hydrogens (tertiary/aromatic N) is 1. The van der Waals surface area contributed by atoms with Gasteiger partial charge >= 0.3 is 0 Å². The smallest absolute Gasteiger partial charge is 0.282 e. The van der Waals surface area contributed by atoms with Crippen molar-refractivity contribution in [2.24, 2.45) is 0 Å². The Hall–Kier alpha value is -1.86. The van der Waals surface area contributed by atoms with Gasteiger partial charge in [-0.2, -0.15) is 0 Å². The normalized spacial score (nSPS) is 17.1. The second-order valence-electron chi connectivity index (χ2n) is 3.32. The van der Waals surface area contributed by atoms with Crippen LogP contribution in [0.5, 0.6) is 0 Å². The summed E-state index contributed by atoms with van der Waals surface area (Å²) in [5.41, 5.74) is 0.180. The summed E-state index contributed by atoms with van der Waals surface area (Å²) in [7, 11) is 0. The standard InChI is InChI=1S/C10H5ClN2O4S/c11-6-2-1-5(3-7(6)13(16)17)4-8-9(14)12-10(15)18-8/h1-4H,(H,12,14,15). The molecular weight excluding hydrogens is 280 g/mol. The Morgan fingerprint density at radius 2 is 2.11 bits per heavy atom. The molecule has 6 nitrogen and oxygen atoms in total. The predicted octanol–water partition coefficient (Wildman–Crippen LogP) is 2.57. The van der Waals surface area contributed by atoms with Crippen LogP contribution in [-0.2, 0) is 4.79 Å². The summed E-state index contributed by atoms with van der Waals surface area (Å²) >= 11 is 6.40. The Labute approximate surface area is 110 Å². The molecular formula is C10H5ClN2O4S. The number of hydrogen-bond donors (Lipinski definition) is 1. The highest BCUT2D eigenvalue weighted by Gasteiger charge is 2.25. The van der Waals surface area contributed by atoms with Crippen LogP contribution in [0.15, 0.2) is 23.1 Å². The van der Waals surface area contributed by atoms with Gasteiger partial charge in [0, 0.05) is 6.07 Å². The molecule has 8 heteroatoms. The summed E-state index contributed by atoms with van der Waals surface area (Å²) < 4.78 is 0. The first-order valence-electron chi connectivity index (χ1n) is 4.66. The van der Waals surface area contributed by atoms with E-state index < -0.39 is 16.1 Å². The molecule has 0 aliphatic carbocycles. The number of benzene rings is 1. The molecule has 1 N–H and O–H groups in total. The van der Waals surface area contributed by atoms with Gasteiger partial charge < -0.3 is 0 Å². The van der Waals surface area contributed by atoms with Crippen molar-refractivity contribution in [3.63, 3.8) is 0 Å². The Morgan fingerprint density at radius 3 is 2.67 bits per heavy atom. The second kappa shape index (κ2) is 4.79. The third-order valence-electron chi connectivity index (χ3n) is 2.11. The fourth-order valence-corrected chi connectivity index (χ4v) is 2.20. The van der Waals surface area contributed by atoms with Gasteiger partial charge in [0.2, 0.25) is 0 Å². The Bertz CT molecular complexity index is 600. The van der Waals surface area contributed by atoms with E-state index in [1.54, 1.807) is 0 Å². The molecule has 18 heavy (non-hydrogen) atoms. The lowest BCUT2D eigenvalue weighted by Gasteiger charge is -1.98. The average Bonchev–Trinajstić information content (AvgIpc) is 2.60. The first-order chi connectivity index (χ1) is 8.47. The number of carbonyl (C=O) groups excluding carboxylic acids is 2. The maximum Gasteiger partial charge on any atom is 0.290 e. The van der Waals surface area contributed by atoms with Crippen molar-refractivity contribution in [1.82, 2.24) is 5.32 Å². The van der Waals surface area contributed by atoms with Crippen LogP contribution in [0.25, 0.3) is 6.08 Å². The molecule has 0 bridgehead atoms. The average molecular weight is 285 g/mol. The lowest BCUT2D eigenvalue weighted by Crippen LogP contribution is -2.17. The van der Waals surface area contributed by atoms with Gasteiger partial charge in [-0.1, -0.05) is 17.7 Å². The number of nitro groups is 1. The Kier molecular flexibility index (Phi) is 3.35.